The molecule has 0 aliphatic rings. The first-order valence-electron chi connectivity index (χ1n) is 8.71. The quantitative estimate of drug-likeness (QED) is 0.638. The molecule has 0 aromatic heterocycles. The lowest BCUT2D eigenvalue weighted by Gasteiger charge is -2.17. The molecular weight excluding hydrogens is 360 g/mol. The molecule has 2 aromatic carbocycles. The van der Waals surface area contributed by atoms with E-state index in [1.807, 2.05) is 30.3 Å². The van der Waals surface area contributed by atoms with Crippen molar-refractivity contribution >= 4 is 11.6 Å². The predicted octanol–water partition coefficient (Wildman–Crippen LogP) is 4.71. The molecule has 0 aliphatic carbocycles. The predicted molar refractivity (Wildman–Crippen MR) is 108 cm³/mol. The fraction of sp³-hybridized carbons (Fsp3) is 0.318. The molecule has 0 bridgehead atoms. The zero-order chi connectivity index (χ0) is 19.6. The second-order valence-corrected chi connectivity index (χ2v) is 6.60. The van der Waals surface area contributed by atoms with Crippen LogP contribution in [0.4, 0.5) is 0 Å². The van der Waals surface area contributed by atoms with E-state index in [1.165, 1.54) is 0 Å². The first-order chi connectivity index (χ1) is 13.1. The summed E-state index contributed by atoms with van der Waals surface area (Å²) >= 11 is 5.90. The van der Waals surface area contributed by atoms with Gasteiger partial charge in [0.1, 0.15) is 12.6 Å². The second-order valence-electron chi connectivity index (χ2n) is 6.16. The van der Waals surface area contributed by atoms with Gasteiger partial charge in [-0.25, -0.2) is 0 Å². The zero-order valence-corrected chi connectivity index (χ0v) is 16.3. The summed E-state index contributed by atoms with van der Waals surface area (Å²) in [5.74, 6) is 4.04. The average Bonchev–Trinajstić information content (AvgIpc) is 2.70. The summed E-state index contributed by atoms with van der Waals surface area (Å²) in [6, 6.07) is 15.1. The van der Waals surface area contributed by atoms with Gasteiger partial charge in [-0.05, 0) is 54.3 Å². The molecule has 0 spiro atoms. The molecule has 5 heteroatoms. The van der Waals surface area contributed by atoms with Crippen LogP contribution in [0.25, 0.3) is 0 Å². The van der Waals surface area contributed by atoms with E-state index in [4.69, 9.17) is 27.5 Å². The number of rotatable bonds is 9. The zero-order valence-electron chi connectivity index (χ0n) is 15.5. The van der Waals surface area contributed by atoms with Crippen LogP contribution < -0.4 is 14.8 Å². The van der Waals surface area contributed by atoms with Crippen LogP contribution in [0.15, 0.2) is 42.5 Å². The van der Waals surface area contributed by atoms with Crippen molar-refractivity contribution in [3.63, 3.8) is 0 Å². The van der Waals surface area contributed by atoms with Gasteiger partial charge >= 0.3 is 0 Å². The highest BCUT2D eigenvalue weighted by Crippen LogP contribution is 2.31. The molecule has 0 saturated carbocycles. The molecule has 0 radical (unpaired) electrons. The Morgan fingerprint density at radius 1 is 1.15 bits per heavy atom. The van der Waals surface area contributed by atoms with E-state index in [2.05, 4.69) is 24.2 Å². The second kappa shape index (κ2) is 10.5. The standard InChI is InChI=1S/C22H23ClN2O2/c1-4-13-27-21-10-7-18(14-22(21)26-3)16(2)11-12-25-20(15-24)17-5-8-19(23)9-6-17/h1,5-10,14,16,20,25H,11-13H2,2-3H3. The average molecular weight is 383 g/mol. The summed E-state index contributed by atoms with van der Waals surface area (Å²) in [6.07, 6.45) is 6.11. The molecule has 2 aromatic rings. The van der Waals surface area contributed by atoms with Crippen LogP contribution in [0.2, 0.25) is 5.02 Å². The molecule has 0 heterocycles. The van der Waals surface area contributed by atoms with Crippen molar-refractivity contribution in [1.82, 2.24) is 5.32 Å². The van der Waals surface area contributed by atoms with E-state index < -0.39 is 0 Å². The summed E-state index contributed by atoms with van der Waals surface area (Å²) in [7, 11) is 1.61. The van der Waals surface area contributed by atoms with Gasteiger partial charge in [0.05, 0.1) is 13.2 Å². The molecule has 4 nitrogen and oxygen atoms in total. The minimum atomic E-state index is -0.358. The number of hydrogen-bond donors (Lipinski definition) is 1. The summed E-state index contributed by atoms with van der Waals surface area (Å²) in [5, 5.41) is 13.4. The Morgan fingerprint density at radius 3 is 2.48 bits per heavy atom. The fourth-order valence-electron chi connectivity index (χ4n) is 2.73. The molecule has 2 rings (SSSR count). The van der Waals surface area contributed by atoms with Gasteiger partial charge in [0.15, 0.2) is 11.5 Å². The molecular formula is C22H23ClN2O2. The summed E-state index contributed by atoms with van der Waals surface area (Å²) < 4.78 is 10.9. The lowest BCUT2D eigenvalue weighted by Crippen LogP contribution is -2.22. The highest BCUT2D eigenvalue weighted by molar-refractivity contribution is 6.30. The third-order valence-corrected chi connectivity index (χ3v) is 4.58. The van der Waals surface area contributed by atoms with Gasteiger partial charge < -0.3 is 9.47 Å². The van der Waals surface area contributed by atoms with Crippen LogP contribution in [-0.4, -0.2) is 20.3 Å². The lowest BCUT2D eigenvalue weighted by molar-refractivity contribution is 0.330. The van der Waals surface area contributed by atoms with E-state index in [9.17, 15) is 5.26 Å². The van der Waals surface area contributed by atoms with E-state index in [0.29, 0.717) is 23.1 Å². The topological polar surface area (TPSA) is 54.3 Å². The third kappa shape index (κ3) is 5.93. The number of halogens is 1. The number of nitrogens with zero attached hydrogens (tertiary/aromatic N) is 1. The van der Waals surface area contributed by atoms with Crippen LogP contribution >= 0.6 is 11.6 Å². The maximum atomic E-state index is 9.41. The van der Waals surface area contributed by atoms with Gasteiger partial charge in [0.2, 0.25) is 0 Å². The van der Waals surface area contributed by atoms with Gasteiger partial charge in [-0.2, -0.15) is 5.26 Å². The third-order valence-electron chi connectivity index (χ3n) is 4.33. The van der Waals surface area contributed by atoms with Crippen LogP contribution in [0, 0.1) is 23.7 Å². The van der Waals surface area contributed by atoms with E-state index in [1.54, 1.807) is 19.2 Å². The highest BCUT2D eigenvalue weighted by Gasteiger charge is 2.13. The molecule has 0 amide bonds. The molecule has 0 aliphatic heterocycles. The lowest BCUT2D eigenvalue weighted by atomic mass is 9.97. The number of benzene rings is 2. The van der Waals surface area contributed by atoms with Gasteiger partial charge in [-0.15, -0.1) is 6.42 Å². The largest absolute Gasteiger partial charge is 0.493 e. The van der Waals surface area contributed by atoms with Crippen molar-refractivity contribution in [2.24, 2.45) is 0 Å². The summed E-state index contributed by atoms with van der Waals surface area (Å²) in [6.45, 7) is 3.05. The Morgan fingerprint density at radius 2 is 1.85 bits per heavy atom. The Kier molecular flexibility index (Phi) is 8.01. The van der Waals surface area contributed by atoms with Crippen molar-refractivity contribution in [2.75, 3.05) is 20.3 Å². The van der Waals surface area contributed by atoms with Gasteiger partial charge in [0, 0.05) is 5.02 Å². The minimum absolute atomic E-state index is 0.204. The van der Waals surface area contributed by atoms with Crippen molar-refractivity contribution in [2.45, 2.75) is 25.3 Å². The molecule has 2 unspecified atom stereocenters. The monoisotopic (exact) mass is 382 g/mol. The van der Waals surface area contributed by atoms with Crippen molar-refractivity contribution < 1.29 is 9.47 Å². The van der Waals surface area contributed by atoms with E-state index in [-0.39, 0.29) is 18.6 Å². The minimum Gasteiger partial charge on any atom is -0.493 e. The molecule has 1 N–H and O–H groups in total. The summed E-state index contributed by atoms with van der Waals surface area (Å²) in [5.41, 5.74) is 2.05. The highest BCUT2D eigenvalue weighted by atomic mass is 35.5. The van der Waals surface area contributed by atoms with Crippen molar-refractivity contribution in [1.29, 1.82) is 5.26 Å². The Labute approximate surface area is 166 Å². The Balaban J connectivity index is 1.94. The number of ether oxygens (including phenoxy) is 2. The van der Waals surface area contributed by atoms with Crippen LogP contribution in [0.1, 0.15) is 36.4 Å². The normalized spacial score (nSPS) is 12.5. The van der Waals surface area contributed by atoms with E-state index >= 15 is 0 Å². The van der Waals surface area contributed by atoms with Crippen LogP contribution in [-0.2, 0) is 0 Å². The number of nitrogens with one attached hydrogen (secondary N) is 1. The van der Waals surface area contributed by atoms with Crippen molar-refractivity contribution in [3.8, 4) is 29.9 Å². The molecule has 0 fully saturated rings. The van der Waals surface area contributed by atoms with Crippen LogP contribution in [0.5, 0.6) is 11.5 Å². The number of terminal acetylenes is 1. The van der Waals surface area contributed by atoms with Gasteiger partial charge in [-0.1, -0.05) is 42.6 Å². The molecule has 140 valence electrons. The van der Waals surface area contributed by atoms with Gasteiger partial charge in [0.25, 0.3) is 0 Å². The first kappa shape index (κ1) is 20.6. The molecule has 27 heavy (non-hydrogen) atoms. The van der Waals surface area contributed by atoms with E-state index in [0.717, 1.165) is 17.5 Å². The number of nitriles is 1. The smallest absolute Gasteiger partial charge is 0.162 e. The van der Waals surface area contributed by atoms with Crippen LogP contribution in [0.3, 0.4) is 0 Å². The maximum Gasteiger partial charge on any atom is 0.162 e. The SMILES string of the molecule is C#CCOc1ccc(C(C)CCNC(C#N)c2ccc(Cl)cc2)cc1OC. The summed E-state index contributed by atoms with van der Waals surface area (Å²) in [4.78, 5) is 0. The van der Waals surface area contributed by atoms with Crippen molar-refractivity contribution in [3.05, 3.63) is 58.6 Å². The number of hydrogen-bond acceptors (Lipinski definition) is 4. The number of methoxy groups -OCH3 is 1. The fourth-order valence-corrected chi connectivity index (χ4v) is 2.86. The Hall–Kier alpha value is -2.66. The molecule has 2 atom stereocenters. The Bertz CT molecular complexity index is 822. The maximum absolute atomic E-state index is 9.41. The van der Waals surface area contributed by atoms with Gasteiger partial charge in [-0.3, -0.25) is 5.32 Å². The first-order valence-corrected chi connectivity index (χ1v) is 9.09. The molecule has 0 saturated heterocycles.